The molecule has 4 heteroatoms. The SMILES string of the molecule is CCCOc1ccc(CNCCCS(C)=O)cc1. The average Bonchev–Trinajstić information content (AvgIpc) is 2.37. The Morgan fingerprint density at radius 2 is 2.00 bits per heavy atom. The van der Waals surface area contributed by atoms with Gasteiger partial charge in [0.1, 0.15) is 5.75 Å². The van der Waals surface area contributed by atoms with Gasteiger partial charge in [-0.1, -0.05) is 19.1 Å². The minimum atomic E-state index is -0.677. The summed E-state index contributed by atoms with van der Waals surface area (Å²) in [6.07, 6.45) is 3.73. The molecule has 0 fully saturated rings. The van der Waals surface area contributed by atoms with Crippen molar-refractivity contribution in [1.29, 1.82) is 0 Å². The highest BCUT2D eigenvalue weighted by molar-refractivity contribution is 7.84. The standard InChI is InChI=1S/C14H23NO2S/c1-3-10-17-14-7-5-13(6-8-14)12-15-9-4-11-18(2)16/h5-8,15H,3-4,9-12H2,1-2H3. The van der Waals surface area contributed by atoms with Crippen molar-refractivity contribution in [3.63, 3.8) is 0 Å². The fourth-order valence-corrected chi connectivity index (χ4v) is 2.11. The summed E-state index contributed by atoms with van der Waals surface area (Å²) < 4.78 is 16.4. The normalized spacial score (nSPS) is 12.3. The predicted octanol–water partition coefficient (Wildman–Crippen LogP) is 2.33. The van der Waals surface area contributed by atoms with E-state index in [9.17, 15) is 4.21 Å². The molecule has 0 aliphatic heterocycles. The van der Waals surface area contributed by atoms with Crippen molar-refractivity contribution in [3.8, 4) is 5.75 Å². The molecule has 0 heterocycles. The molecular weight excluding hydrogens is 246 g/mol. The number of nitrogens with one attached hydrogen (secondary N) is 1. The van der Waals surface area contributed by atoms with Crippen LogP contribution in [0.4, 0.5) is 0 Å². The number of rotatable bonds is 9. The Morgan fingerprint density at radius 3 is 2.61 bits per heavy atom. The van der Waals surface area contributed by atoms with Crippen LogP contribution < -0.4 is 10.1 Å². The Bertz CT molecular complexity index is 351. The third-order valence-electron chi connectivity index (χ3n) is 2.51. The van der Waals surface area contributed by atoms with Crippen molar-refractivity contribution in [2.45, 2.75) is 26.3 Å². The van der Waals surface area contributed by atoms with Crippen molar-refractivity contribution < 1.29 is 8.95 Å². The van der Waals surface area contributed by atoms with Gasteiger partial charge in [-0.15, -0.1) is 0 Å². The maximum absolute atomic E-state index is 10.9. The first-order chi connectivity index (χ1) is 8.72. The molecule has 0 spiro atoms. The van der Waals surface area contributed by atoms with E-state index in [1.807, 2.05) is 12.1 Å². The highest BCUT2D eigenvalue weighted by Gasteiger charge is 1.96. The Hall–Kier alpha value is -0.870. The van der Waals surface area contributed by atoms with E-state index in [1.165, 1.54) is 5.56 Å². The largest absolute Gasteiger partial charge is 0.494 e. The average molecular weight is 269 g/mol. The fourth-order valence-electron chi connectivity index (χ4n) is 1.56. The first-order valence-corrected chi connectivity index (χ1v) is 8.17. The first-order valence-electron chi connectivity index (χ1n) is 6.45. The van der Waals surface area contributed by atoms with Gasteiger partial charge in [0.15, 0.2) is 0 Å². The summed E-state index contributed by atoms with van der Waals surface area (Å²) in [6.45, 7) is 4.63. The van der Waals surface area contributed by atoms with E-state index in [4.69, 9.17) is 4.74 Å². The van der Waals surface area contributed by atoms with E-state index >= 15 is 0 Å². The van der Waals surface area contributed by atoms with Crippen LogP contribution in [0.25, 0.3) is 0 Å². The van der Waals surface area contributed by atoms with Gasteiger partial charge < -0.3 is 10.1 Å². The molecule has 1 unspecified atom stereocenters. The number of ether oxygens (including phenoxy) is 1. The van der Waals surface area contributed by atoms with Gasteiger partial charge in [0.05, 0.1) is 6.61 Å². The van der Waals surface area contributed by atoms with Crippen LogP contribution in [-0.4, -0.2) is 29.4 Å². The lowest BCUT2D eigenvalue weighted by atomic mass is 10.2. The topological polar surface area (TPSA) is 38.3 Å². The summed E-state index contributed by atoms with van der Waals surface area (Å²) >= 11 is 0. The molecule has 1 atom stereocenters. The Morgan fingerprint density at radius 1 is 1.28 bits per heavy atom. The van der Waals surface area contributed by atoms with Crippen LogP contribution in [0.15, 0.2) is 24.3 Å². The van der Waals surface area contributed by atoms with E-state index in [0.29, 0.717) is 0 Å². The molecule has 0 aliphatic carbocycles. The monoisotopic (exact) mass is 269 g/mol. The highest BCUT2D eigenvalue weighted by Crippen LogP contribution is 2.12. The molecule has 1 N–H and O–H groups in total. The van der Waals surface area contributed by atoms with Crippen LogP contribution in [0.3, 0.4) is 0 Å². The maximum Gasteiger partial charge on any atom is 0.119 e. The zero-order valence-electron chi connectivity index (χ0n) is 11.3. The van der Waals surface area contributed by atoms with E-state index in [2.05, 4.69) is 24.4 Å². The third kappa shape index (κ3) is 6.77. The Balaban J connectivity index is 2.20. The van der Waals surface area contributed by atoms with Gasteiger partial charge in [0, 0.05) is 29.4 Å². The molecule has 0 bridgehead atoms. The molecular formula is C14H23NO2S. The van der Waals surface area contributed by atoms with E-state index < -0.39 is 10.8 Å². The molecule has 0 saturated heterocycles. The number of hydrogen-bond donors (Lipinski definition) is 1. The number of benzene rings is 1. The van der Waals surface area contributed by atoms with Gasteiger partial charge in [0.25, 0.3) is 0 Å². The van der Waals surface area contributed by atoms with E-state index in [1.54, 1.807) is 6.26 Å². The second-order valence-electron chi connectivity index (χ2n) is 4.30. The zero-order chi connectivity index (χ0) is 13.2. The quantitative estimate of drug-likeness (QED) is 0.699. The maximum atomic E-state index is 10.9. The lowest BCUT2D eigenvalue weighted by molar-refractivity contribution is 0.317. The van der Waals surface area contributed by atoms with Crippen LogP contribution in [0.5, 0.6) is 5.75 Å². The Kier molecular flexibility index (Phi) is 7.69. The van der Waals surface area contributed by atoms with Gasteiger partial charge in [-0.2, -0.15) is 0 Å². The molecule has 0 saturated carbocycles. The summed E-state index contributed by atoms with van der Waals surface area (Å²) in [5, 5.41) is 3.34. The van der Waals surface area contributed by atoms with Crippen molar-refractivity contribution in [1.82, 2.24) is 5.32 Å². The van der Waals surface area contributed by atoms with Crippen LogP contribution >= 0.6 is 0 Å². The van der Waals surface area contributed by atoms with Gasteiger partial charge in [-0.25, -0.2) is 0 Å². The molecule has 0 amide bonds. The summed E-state index contributed by atoms with van der Waals surface area (Å²) in [5.74, 6) is 1.71. The van der Waals surface area contributed by atoms with Crippen LogP contribution in [0.2, 0.25) is 0 Å². The molecule has 1 aromatic carbocycles. The summed E-state index contributed by atoms with van der Waals surface area (Å²) in [4.78, 5) is 0. The zero-order valence-corrected chi connectivity index (χ0v) is 12.1. The summed E-state index contributed by atoms with van der Waals surface area (Å²) in [7, 11) is -0.677. The smallest absolute Gasteiger partial charge is 0.119 e. The lowest BCUT2D eigenvalue weighted by Gasteiger charge is -2.07. The van der Waals surface area contributed by atoms with Crippen molar-refractivity contribution in [2.24, 2.45) is 0 Å². The summed E-state index contributed by atoms with van der Waals surface area (Å²) in [5.41, 5.74) is 1.25. The fraction of sp³-hybridized carbons (Fsp3) is 0.571. The van der Waals surface area contributed by atoms with Gasteiger partial charge in [-0.05, 0) is 37.1 Å². The Labute approximate surface area is 112 Å². The first kappa shape index (κ1) is 15.2. The molecule has 1 aromatic rings. The molecule has 18 heavy (non-hydrogen) atoms. The van der Waals surface area contributed by atoms with Crippen molar-refractivity contribution in [2.75, 3.05) is 25.2 Å². The van der Waals surface area contributed by atoms with Crippen LogP contribution in [0.1, 0.15) is 25.3 Å². The van der Waals surface area contributed by atoms with Crippen LogP contribution in [0, 0.1) is 0 Å². The molecule has 1 rings (SSSR count). The van der Waals surface area contributed by atoms with Gasteiger partial charge >= 0.3 is 0 Å². The van der Waals surface area contributed by atoms with Crippen LogP contribution in [-0.2, 0) is 17.3 Å². The van der Waals surface area contributed by atoms with Crippen molar-refractivity contribution in [3.05, 3.63) is 29.8 Å². The molecule has 0 aromatic heterocycles. The predicted molar refractivity (Wildman–Crippen MR) is 77.5 cm³/mol. The molecule has 0 radical (unpaired) electrons. The highest BCUT2D eigenvalue weighted by atomic mass is 32.2. The van der Waals surface area contributed by atoms with Gasteiger partial charge in [-0.3, -0.25) is 4.21 Å². The minimum absolute atomic E-state index is 0.677. The van der Waals surface area contributed by atoms with E-state index in [0.717, 1.165) is 44.0 Å². The second kappa shape index (κ2) is 9.11. The molecule has 3 nitrogen and oxygen atoms in total. The second-order valence-corrected chi connectivity index (χ2v) is 5.85. The third-order valence-corrected chi connectivity index (χ3v) is 3.37. The number of hydrogen-bond acceptors (Lipinski definition) is 3. The molecule has 102 valence electrons. The van der Waals surface area contributed by atoms with Gasteiger partial charge in [0.2, 0.25) is 0 Å². The lowest BCUT2D eigenvalue weighted by Crippen LogP contribution is -2.16. The minimum Gasteiger partial charge on any atom is -0.494 e. The van der Waals surface area contributed by atoms with Crippen molar-refractivity contribution >= 4 is 10.8 Å². The van der Waals surface area contributed by atoms with E-state index in [-0.39, 0.29) is 0 Å². The molecule has 0 aliphatic rings. The summed E-state index contributed by atoms with van der Waals surface area (Å²) in [6, 6.07) is 8.17.